The molecule has 0 fully saturated rings. The monoisotopic (exact) mass is 295 g/mol. The molecule has 5 heteroatoms. The van der Waals surface area contributed by atoms with Gasteiger partial charge in [-0.15, -0.1) is 11.3 Å². The molecule has 0 spiro atoms. The van der Waals surface area contributed by atoms with Crippen molar-refractivity contribution in [1.82, 2.24) is 4.90 Å². The van der Waals surface area contributed by atoms with Crippen LogP contribution in [0.15, 0.2) is 11.4 Å². The van der Waals surface area contributed by atoms with Gasteiger partial charge in [0, 0.05) is 29.3 Å². The fourth-order valence-corrected chi connectivity index (χ4v) is 2.26. The summed E-state index contributed by atoms with van der Waals surface area (Å²) in [6.07, 6.45) is 0.173. The third kappa shape index (κ3) is 6.09. The van der Waals surface area contributed by atoms with Gasteiger partial charge in [0.15, 0.2) is 0 Å². The number of aliphatic hydroxyl groups is 1. The number of rotatable bonds is 5. The summed E-state index contributed by atoms with van der Waals surface area (Å²) in [5.74, 6) is 6.18. The van der Waals surface area contributed by atoms with Crippen molar-refractivity contribution in [2.45, 2.75) is 26.8 Å². The van der Waals surface area contributed by atoms with Gasteiger partial charge in [-0.1, -0.05) is 25.7 Å². The lowest BCUT2D eigenvalue weighted by molar-refractivity contribution is 0.0983. The average molecular weight is 295 g/mol. The molecular formula is C15H21NO3S. The Morgan fingerprint density at radius 2 is 2.30 bits per heavy atom. The van der Waals surface area contributed by atoms with Crippen LogP contribution in [0.1, 0.15) is 30.7 Å². The van der Waals surface area contributed by atoms with E-state index in [1.807, 2.05) is 25.3 Å². The number of hydrogen-bond acceptors (Lipinski definition) is 4. The smallest absolute Gasteiger partial charge is 0.409 e. The third-order valence-electron chi connectivity index (χ3n) is 2.37. The molecule has 0 bridgehead atoms. The summed E-state index contributed by atoms with van der Waals surface area (Å²) in [5.41, 5.74) is 0.919. The van der Waals surface area contributed by atoms with Crippen LogP contribution in [0.3, 0.4) is 0 Å². The molecule has 0 unspecified atom stereocenters. The van der Waals surface area contributed by atoms with E-state index in [-0.39, 0.29) is 12.7 Å². The summed E-state index contributed by atoms with van der Waals surface area (Å²) in [7, 11) is 1.72. The van der Waals surface area contributed by atoms with Crippen LogP contribution in [0.4, 0.5) is 4.79 Å². The van der Waals surface area contributed by atoms with Crippen molar-refractivity contribution >= 4 is 17.4 Å². The minimum Gasteiger partial charge on any atom is -0.449 e. The molecule has 1 rings (SSSR count). The van der Waals surface area contributed by atoms with Gasteiger partial charge >= 0.3 is 6.09 Å². The summed E-state index contributed by atoms with van der Waals surface area (Å²) >= 11 is 1.56. The van der Waals surface area contributed by atoms with Gasteiger partial charge in [-0.2, -0.15) is 0 Å². The Balaban J connectivity index is 2.48. The second-order valence-electron chi connectivity index (χ2n) is 4.90. The highest BCUT2D eigenvalue weighted by Gasteiger charge is 2.12. The molecule has 0 aliphatic carbocycles. The van der Waals surface area contributed by atoms with Crippen LogP contribution in [0.5, 0.6) is 0 Å². The predicted molar refractivity (Wildman–Crippen MR) is 80.6 cm³/mol. The van der Waals surface area contributed by atoms with Crippen molar-refractivity contribution in [2.24, 2.45) is 5.92 Å². The molecule has 1 aromatic rings. The first-order valence-corrected chi connectivity index (χ1v) is 7.46. The van der Waals surface area contributed by atoms with E-state index in [0.717, 1.165) is 10.4 Å². The Morgan fingerprint density at radius 3 is 2.95 bits per heavy atom. The molecule has 1 aromatic heterocycles. The topological polar surface area (TPSA) is 49.8 Å². The summed E-state index contributed by atoms with van der Waals surface area (Å²) in [6, 6.07) is 1.96. The quantitative estimate of drug-likeness (QED) is 0.850. The van der Waals surface area contributed by atoms with E-state index in [2.05, 4.69) is 11.8 Å². The summed E-state index contributed by atoms with van der Waals surface area (Å²) in [6.45, 7) is 5.04. The van der Waals surface area contributed by atoms with Crippen molar-refractivity contribution in [3.05, 3.63) is 21.9 Å². The van der Waals surface area contributed by atoms with Crippen molar-refractivity contribution in [2.75, 3.05) is 20.3 Å². The van der Waals surface area contributed by atoms with Gasteiger partial charge in [-0.3, -0.25) is 0 Å². The summed E-state index contributed by atoms with van der Waals surface area (Å²) < 4.78 is 5.16. The Morgan fingerprint density at radius 1 is 1.55 bits per heavy atom. The van der Waals surface area contributed by atoms with E-state index in [1.165, 1.54) is 0 Å². The maximum atomic E-state index is 11.7. The molecule has 0 saturated carbocycles. The number of ether oxygens (including phenoxy) is 1. The molecule has 0 atom stereocenters. The maximum Gasteiger partial charge on any atom is 0.409 e. The summed E-state index contributed by atoms with van der Waals surface area (Å²) in [4.78, 5) is 14.3. The number of hydrogen-bond donors (Lipinski definition) is 1. The first-order valence-electron chi connectivity index (χ1n) is 6.58. The Hall–Kier alpha value is -1.51. The first kappa shape index (κ1) is 16.5. The normalized spacial score (nSPS) is 10.1. The summed E-state index contributed by atoms with van der Waals surface area (Å²) in [5, 5.41) is 10.6. The molecule has 20 heavy (non-hydrogen) atoms. The van der Waals surface area contributed by atoms with Gasteiger partial charge in [0.25, 0.3) is 0 Å². The van der Waals surface area contributed by atoms with Crippen LogP contribution in [0.2, 0.25) is 0 Å². The molecule has 4 nitrogen and oxygen atoms in total. The van der Waals surface area contributed by atoms with Crippen molar-refractivity contribution in [3.8, 4) is 11.8 Å². The number of carbonyl (C=O) groups excluding carboxylic acids is 1. The predicted octanol–water partition coefficient (Wildman–Crippen LogP) is 2.71. The van der Waals surface area contributed by atoms with Gasteiger partial charge in [-0.05, 0) is 12.0 Å². The zero-order valence-electron chi connectivity index (χ0n) is 12.2. The lowest BCUT2D eigenvalue weighted by Crippen LogP contribution is -2.27. The van der Waals surface area contributed by atoms with Gasteiger partial charge < -0.3 is 14.7 Å². The van der Waals surface area contributed by atoms with Crippen molar-refractivity contribution < 1.29 is 14.6 Å². The van der Waals surface area contributed by atoms with Crippen LogP contribution >= 0.6 is 11.3 Å². The molecule has 0 aromatic carbocycles. The van der Waals surface area contributed by atoms with Gasteiger partial charge in [-0.25, -0.2) is 4.79 Å². The van der Waals surface area contributed by atoms with E-state index in [9.17, 15) is 4.79 Å². The Labute approximate surface area is 124 Å². The van der Waals surface area contributed by atoms with Crippen LogP contribution in [-0.2, 0) is 11.3 Å². The highest BCUT2D eigenvalue weighted by molar-refractivity contribution is 7.10. The zero-order valence-corrected chi connectivity index (χ0v) is 13.0. The second kappa shape index (κ2) is 8.62. The highest BCUT2D eigenvalue weighted by atomic mass is 32.1. The SMILES string of the molecule is CC(C)COC(=O)N(C)Cc1cc(C#CCCO)cs1. The highest BCUT2D eigenvalue weighted by Crippen LogP contribution is 2.16. The second-order valence-corrected chi connectivity index (χ2v) is 5.90. The lowest BCUT2D eigenvalue weighted by Gasteiger charge is -2.16. The Bertz CT molecular complexity index is 485. The molecule has 110 valence electrons. The number of nitrogens with zero attached hydrogens (tertiary/aromatic N) is 1. The number of aliphatic hydroxyl groups excluding tert-OH is 1. The van der Waals surface area contributed by atoms with Crippen LogP contribution in [0.25, 0.3) is 0 Å². The number of amides is 1. The molecule has 1 N–H and O–H groups in total. The van der Waals surface area contributed by atoms with Gasteiger partial charge in [0.05, 0.1) is 19.8 Å². The van der Waals surface area contributed by atoms with Crippen LogP contribution in [-0.4, -0.2) is 36.4 Å². The Kier molecular flexibility index (Phi) is 7.13. The van der Waals surface area contributed by atoms with Crippen LogP contribution in [0, 0.1) is 17.8 Å². The molecule has 0 aliphatic rings. The number of thiophene rings is 1. The largest absolute Gasteiger partial charge is 0.449 e. The molecule has 0 saturated heterocycles. The molecule has 1 heterocycles. The first-order chi connectivity index (χ1) is 9.52. The van der Waals surface area contributed by atoms with E-state index >= 15 is 0 Å². The fraction of sp³-hybridized carbons (Fsp3) is 0.533. The van der Waals surface area contributed by atoms with Crippen molar-refractivity contribution in [3.63, 3.8) is 0 Å². The van der Waals surface area contributed by atoms with Crippen LogP contribution < -0.4 is 0 Å². The molecule has 0 radical (unpaired) electrons. The molecule has 0 aliphatic heterocycles. The standard InChI is InChI=1S/C15H21NO3S/c1-12(2)10-19-15(18)16(3)9-14-8-13(11-20-14)6-4-5-7-17/h8,11-12,17H,5,7,9-10H2,1-3H3. The minimum absolute atomic E-state index is 0.0778. The zero-order chi connectivity index (χ0) is 15.0. The van der Waals surface area contributed by atoms with E-state index in [1.54, 1.807) is 23.3 Å². The van der Waals surface area contributed by atoms with Gasteiger partial charge in [0.1, 0.15) is 0 Å². The average Bonchev–Trinajstić information content (AvgIpc) is 2.83. The third-order valence-corrected chi connectivity index (χ3v) is 3.29. The number of carbonyl (C=O) groups is 1. The fourth-order valence-electron chi connectivity index (χ4n) is 1.40. The van der Waals surface area contributed by atoms with Gasteiger partial charge in [0.2, 0.25) is 0 Å². The maximum absolute atomic E-state index is 11.7. The lowest BCUT2D eigenvalue weighted by atomic mass is 10.2. The van der Waals surface area contributed by atoms with E-state index < -0.39 is 0 Å². The van der Waals surface area contributed by atoms with E-state index in [0.29, 0.717) is 25.5 Å². The molecular weight excluding hydrogens is 274 g/mol. The van der Waals surface area contributed by atoms with E-state index in [4.69, 9.17) is 9.84 Å². The molecule has 1 amide bonds. The minimum atomic E-state index is -0.306. The van der Waals surface area contributed by atoms with Crippen molar-refractivity contribution in [1.29, 1.82) is 0 Å².